The topological polar surface area (TPSA) is 12.9 Å². The van der Waals surface area contributed by atoms with E-state index in [2.05, 4.69) is 37.0 Å². The van der Waals surface area contributed by atoms with Crippen LogP contribution in [0.4, 0.5) is 0 Å². The van der Waals surface area contributed by atoms with Crippen molar-refractivity contribution in [3.05, 3.63) is 65.4 Å². The standard InChI is InChI=1S/C20H21N/c1-13(2)16-5-6-19-17(12-16)7-8-21-20(19)18-10-14(3)9-15(4)11-18/h5-13H,1-4H3/i3D3. The van der Waals surface area contributed by atoms with Gasteiger partial charge in [-0.25, -0.2) is 0 Å². The first-order chi connectivity index (χ1) is 11.3. The van der Waals surface area contributed by atoms with Crippen LogP contribution in [0.3, 0.4) is 0 Å². The molecule has 0 N–H and O–H groups in total. The van der Waals surface area contributed by atoms with E-state index in [-0.39, 0.29) is 0 Å². The molecule has 0 aliphatic rings. The zero-order valence-corrected chi connectivity index (χ0v) is 12.6. The summed E-state index contributed by atoms with van der Waals surface area (Å²) in [6, 6.07) is 13.9. The van der Waals surface area contributed by atoms with Crippen LogP contribution in [0.1, 0.15) is 40.6 Å². The summed E-state index contributed by atoms with van der Waals surface area (Å²) in [6.07, 6.45) is 1.79. The van der Waals surface area contributed by atoms with Crippen molar-refractivity contribution in [2.24, 2.45) is 0 Å². The van der Waals surface area contributed by atoms with Crippen molar-refractivity contribution in [1.29, 1.82) is 0 Å². The largest absolute Gasteiger partial charge is 0.256 e. The fourth-order valence-electron chi connectivity index (χ4n) is 2.71. The Hall–Kier alpha value is -2.15. The van der Waals surface area contributed by atoms with Gasteiger partial charge in [-0.15, -0.1) is 0 Å². The van der Waals surface area contributed by atoms with Gasteiger partial charge in [0.25, 0.3) is 0 Å². The summed E-state index contributed by atoms with van der Waals surface area (Å²) in [6.45, 7) is 4.15. The maximum absolute atomic E-state index is 7.68. The van der Waals surface area contributed by atoms with E-state index in [1.54, 1.807) is 18.3 Å². The zero-order chi connectivity index (χ0) is 17.5. The number of rotatable bonds is 2. The third kappa shape index (κ3) is 2.69. The Labute approximate surface area is 130 Å². The van der Waals surface area contributed by atoms with Crippen LogP contribution in [0.25, 0.3) is 22.0 Å². The van der Waals surface area contributed by atoms with Gasteiger partial charge in [0.1, 0.15) is 0 Å². The monoisotopic (exact) mass is 278 g/mol. The fraction of sp³-hybridized carbons (Fsp3) is 0.250. The second-order valence-electron chi connectivity index (χ2n) is 5.88. The molecule has 106 valence electrons. The van der Waals surface area contributed by atoms with Crippen molar-refractivity contribution in [2.75, 3.05) is 0 Å². The third-order valence-corrected chi connectivity index (χ3v) is 3.81. The van der Waals surface area contributed by atoms with Crippen LogP contribution in [0.15, 0.2) is 48.7 Å². The van der Waals surface area contributed by atoms with E-state index in [1.165, 1.54) is 5.56 Å². The number of pyridine rings is 1. The Balaban J connectivity index is 2.21. The molecule has 0 fully saturated rings. The highest BCUT2D eigenvalue weighted by Crippen LogP contribution is 2.29. The molecule has 0 unspecified atom stereocenters. The molecule has 1 nitrogen and oxygen atoms in total. The summed E-state index contributed by atoms with van der Waals surface area (Å²) in [5, 5.41) is 2.17. The smallest absolute Gasteiger partial charge is 0.0780 e. The number of aryl methyl sites for hydroxylation is 2. The SMILES string of the molecule is [2H]C([2H])([2H])c1cc(C)cc(-c2nccc3cc(C(C)C)ccc23)c1. The Morgan fingerprint density at radius 1 is 1.00 bits per heavy atom. The number of aromatic nitrogens is 1. The molecular formula is C20H21N. The number of benzene rings is 2. The first kappa shape index (κ1) is 10.6. The molecule has 0 aliphatic heterocycles. The summed E-state index contributed by atoms with van der Waals surface area (Å²) in [7, 11) is 0. The first-order valence-electron chi connectivity index (χ1n) is 8.77. The van der Waals surface area contributed by atoms with Crippen LogP contribution in [0.2, 0.25) is 0 Å². The van der Waals surface area contributed by atoms with Gasteiger partial charge in [0.15, 0.2) is 0 Å². The van der Waals surface area contributed by atoms with Crippen LogP contribution in [-0.2, 0) is 0 Å². The number of nitrogens with zero attached hydrogens (tertiary/aromatic N) is 1. The second-order valence-corrected chi connectivity index (χ2v) is 5.88. The lowest BCUT2D eigenvalue weighted by Gasteiger charge is -2.11. The van der Waals surface area contributed by atoms with Crippen molar-refractivity contribution in [3.8, 4) is 11.3 Å². The van der Waals surface area contributed by atoms with Gasteiger partial charge < -0.3 is 0 Å². The normalized spacial score (nSPS) is 14.0. The molecule has 1 heteroatoms. The van der Waals surface area contributed by atoms with Gasteiger partial charge >= 0.3 is 0 Å². The van der Waals surface area contributed by atoms with Gasteiger partial charge in [-0.05, 0) is 48.8 Å². The summed E-state index contributed by atoms with van der Waals surface area (Å²) < 4.78 is 23.0. The average Bonchev–Trinajstić information content (AvgIpc) is 2.52. The molecule has 1 heterocycles. The molecule has 3 rings (SSSR count). The van der Waals surface area contributed by atoms with Crippen LogP contribution in [0, 0.1) is 13.8 Å². The Bertz CT molecular complexity index is 895. The molecule has 3 aromatic rings. The van der Waals surface area contributed by atoms with E-state index in [9.17, 15) is 0 Å². The summed E-state index contributed by atoms with van der Waals surface area (Å²) in [5.41, 5.74) is 4.25. The highest BCUT2D eigenvalue weighted by atomic mass is 14.7. The number of fused-ring (bicyclic) bond motifs is 1. The van der Waals surface area contributed by atoms with Gasteiger partial charge in [-0.2, -0.15) is 0 Å². The molecule has 1 aromatic heterocycles. The van der Waals surface area contributed by atoms with Gasteiger partial charge in [0, 0.05) is 21.3 Å². The van der Waals surface area contributed by atoms with Gasteiger partial charge in [-0.1, -0.05) is 49.2 Å². The molecule has 0 amide bonds. The lowest BCUT2D eigenvalue weighted by atomic mass is 9.96. The Morgan fingerprint density at radius 3 is 2.57 bits per heavy atom. The van der Waals surface area contributed by atoms with E-state index in [4.69, 9.17) is 4.11 Å². The highest BCUT2D eigenvalue weighted by molar-refractivity contribution is 5.95. The summed E-state index contributed by atoms with van der Waals surface area (Å²) in [5.74, 6) is 0.465. The van der Waals surface area contributed by atoms with E-state index in [0.717, 1.165) is 27.6 Å². The lowest BCUT2D eigenvalue weighted by Crippen LogP contribution is -1.91. The van der Waals surface area contributed by atoms with Gasteiger partial charge in [0.05, 0.1) is 5.69 Å². The van der Waals surface area contributed by atoms with E-state index in [0.29, 0.717) is 11.5 Å². The predicted molar refractivity (Wildman–Crippen MR) is 90.7 cm³/mol. The second kappa shape index (κ2) is 5.33. The van der Waals surface area contributed by atoms with Gasteiger partial charge in [-0.3, -0.25) is 4.98 Å². The molecule has 0 radical (unpaired) electrons. The molecular weight excluding hydrogens is 254 g/mol. The van der Waals surface area contributed by atoms with Crippen molar-refractivity contribution in [2.45, 2.75) is 33.5 Å². The molecule has 2 aromatic carbocycles. The molecule has 0 aliphatic carbocycles. The van der Waals surface area contributed by atoms with Gasteiger partial charge in [0.2, 0.25) is 0 Å². The molecule has 21 heavy (non-hydrogen) atoms. The highest BCUT2D eigenvalue weighted by Gasteiger charge is 2.08. The fourth-order valence-corrected chi connectivity index (χ4v) is 2.71. The molecule has 0 spiro atoms. The third-order valence-electron chi connectivity index (χ3n) is 3.81. The Morgan fingerprint density at radius 2 is 1.81 bits per heavy atom. The van der Waals surface area contributed by atoms with Crippen molar-refractivity contribution in [1.82, 2.24) is 4.98 Å². The molecule has 0 saturated heterocycles. The maximum atomic E-state index is 7.68. The van der Waals surface area contributed by atoms with Crippen molar-refractivity contribution >= 4 is 10.8 Å². The minimum absolute atomic E-state index is 0.357. The average molecular weight is 278 g/mol. The van der Waals surface area contributed by atoms with Crippen LogP contribution >= 0.6 is 0 Å². The first-order valence-corrected chi connectivity index (χ1v) is 7.27. The molecule has 0 saturated carbocycles. The van der Waals surface area contributed by atoms with E-state index >= 15 is 0 Å². The number of hydrogen-bond acceptors (Lipinski definition) is 1. The van der Waals surface area contributed by atoms with Crippen LogP contribution < -0.4 is 0 Å². The van der Waals surface area contributed by atoms with Crippen LogP contribution in [0.5, 0.6) is 0 Å². The van der Waals surface area contributed by atoms with E-state index < -0.39 is 6.85 Å². The maximum Gasteiger partial charge on any atom is 0.0780 e. The molecule has 0 bridgehead atoms. The van der Waals surface area contributed by atoms with Crippen molar-refractivity contribution < 1.29 is 4.11 Å². The van der Waals surface area contributed by atoms with Crippen molar-refractivity contribution in [3.63, 3.8) is 0 Å². The number of hydrogen-bond donors (Lipinski definition) is 0. The predicted octanol–water partition coefficient (Wildman–Crippen LogP) is 5.64. The Kier molecular flexibility index (Phi) is 2.68. The minimum atomic E-state index is -2.11. The minimum Gasteiger partial charge on any atom is -0.256 e. The molecule has 0 atom stereocenters. The summed E-state index contributed by atoms with van der Waals surface area (Å²) >= 11 is 0. The zero-order valence-electron chi connectivity index (χ0n) is 15.6. The van der Waals surface area contributed by atoms with Crippen LogP contribution in [-0.4, -0.2) is 4.98 Å². The van der Waals surface area contributed by atoms with E-state index in [1.807, 2.05) is 19.1 Å². The quantitative estimate of drug-likeness (QED) is 0.591. The lowest BCUT2D eigenvalue weighted by molar-refractivity contribution is 0.869. The summed E-state index contributed by atoms with van der Waals surface area (Å²) in [4.78, 5) is 4.53.